The van der Waals surface area contributed by atoms with Gasteiger partial charge in [0.15, 0.2) is 0 Å². The van der Waals surface area contributed by atoms with Gasteiger partial charge in [-0.2, -0.15) is 0 Å². The molecule has 3 heterocycles. The summed E-state index contributed by atoms with van der Waals surface area (Å²) in [5.74, 6) is 0.0677. The molecule has 0 saturated carbocycles. The Kier molecular flexibility index (Phi) is 4.61. The van der Waals surface area contributed by atoms with Gasteiger partial charge in [-0.3, -0.25) is 4.79 Å². The van der Waals surface area contributed by atoms with Crippen LogP contribution in [0.1, 0.15) is 26.5 Å². The molecule has 100 valence electrons. The number of halogens is 1. The van der Waals surface area contributed by atoms with Crippen molar-refractivity contribution in [2.75, 3.05) is 19.7 Å². The third-order valence-corrected chi connectivity index (χ3v) is 4.48. The van der Waals surface area contributed by atoms with E-state index in [1.807, 2.05) is 6.07 Å². The Balaban J connectivity index is 0.00000120. The predicted molar refractivity (Wildman–Crippen MR) is 73.7 cm³/mol. The van der Waals surface area contributed by atoms with Gasteiger partial charge in [0.2, 0.25) is 0 Å². The van der Waals surface area contributed by atoms with Gasteiger partial charge in [-0.1, -0.05) is 0 Å². The number of thiophene rings is 1. The molecule has 1 fully saturated rings. The number of carbonyl (C=O) groups is 1. The minimum Gasteiger partial charge on any atom is -0.376 e. The third kappa shape index (κ3) is 2.85. The number of amides is 1. The fourth-order valence-corrected chi connectivity index (χ4v) is 3.35. The summed E-state index contributed by atoms with van der Waals surface area (Å²) in [5, 5.41) is 6.32. The van der Waals surface area contributed by atoms with Crippen molar-refractivity contribution in [2.24, 2.45) is 0 Å². The summed E-state index contributed by atoms with van der Waals surface area (Å²) in [5.41, 5.74) is 1.19. The second-order valence-corrected chi connectivity index (χ2v) is 5.66. The molecule has 6 heteroatoms. The lowest BCUT2D eigenvalue weighted by Gasteiger charge is -2.10. The van der Waals surface area contributed by atoms with Crippen LogP contribution >= 0.6 is 23.7 Å². The van der Waals surface area contributed by atoms with Gasteiger partial charge >= 0.3 is 0 Å². The lowest BCUT2D eigenvalue weighted by Crippen LogP contribution is -2.35. The van der Waals surface area contributed by atoms with Gasteiger partial charge in [-0.25, -0.2) is 0 Å². The molecule has 4 nitrogen and oxygen atoms in total. The summed E-state index contributed by atoms with van der Waals surface area (Å²) in [6.07, 6.45) is 1.97. The second kappa shape index (κ2) is 6.02. The van der Waals surface area contributed by atoms with Crippen molar-refractivity contribution in [3.05, 3.63) is 21.4 Å². The molecule has 0 aliphatic carbocycles. The zero-order valence-corrected chi connectivity index (χ0v) is 11.7. The van der Waals surface area contributed by atoms with E-state index < -0.39 is 0 Å². The summed E-state index contributed by atoms with van der Waals surface area (Å²) >= 11 is 1.61. The molecule has 1 unspecified atom stereocenters. The third-order valence-electron chi connectivity index (χ3n) is 3.25. The quantitative estimate of drug-likeness (QED) is 0.863. The van der Waals surface area contributed by atoms with Crippen LogP contribution in [0.3, 0.4) is 0 Å². The van der Waals surface area contributed by atoms with E-state index in [9.17, 15) is 4.79 Å². The van der Waals surface area contributed by atoms with Crippen molar-refractivity contribution in [2.45, 2.75) is 25.5 Å². The fraction of sp³-hybridized carbons (Fsp3) is 0.583. The zero-order chi connectivity index (χ0) is 11.7. The highest BCUT2D eigenvalue weighted by atomic mass is 35.5. The monoisotopic (exact) mass is 288 g/mol. The predicted octanol–water partition coefficient (Wildman–Crippen LogP) is 1.33. The Labute approximate surface area is 117 Å². The Morgan fingerprint density at radius 1 is 1.56 bits per heavy atom. The van der Waals surface area contributed by atoms with E-state index in [1.165, 1.54) is 10.4 Å². The van der Waals surface area contributed by atoms with Crippen LogP contribution in [0.5, 0.6) is 0 Å². The van der Waals surface area contributed by atoms with E-state index in [0.717, 1.165) is 37.4 Å². The Hall–Kier alpha value is -0.620. The van der Waals surface area contributed by atoms with Crippen LogP contribution in [0.15, 0.2) is 6.07 Å². The molecular weight excluding hydrogens is 272 g/mol. The van der Waals surface area contributed by atoms with Gasteiger partial charge in [0.05, 0.1) is 18.1 Å². The van der Waals surface area contributed by atoms with Crippen molar-refractivity contribution in [1.82, 2.24) is 10.6 Å². The molecule has 1 amide bonds. The van der Waals surface area contributed by atoms with Crippen LogP contribution < -0.4 is 10.6 Å². The first kappa shape index (κ1) is 13.8. The van der Waals surface area contributed by atoms with Gasteiger partial charge in [0, 0.05) is 23.9 Å². The van der Waals surface area contributed by atoms with E-state index in [-0.39, 0.29) is 24.4 Å². The summed E-state index contributed by atoms with van der Waals surface area (Å²) in [6.45, 7) is 3.32. The van der Waals surface area contributed by atoms with Crippen LogP contribution in [0, 0.1) is 0 Å². The van der Waals surface area contributed by atoms with Crippen molar-refractivity contribution < 1.29 is 9.53 Å². The van der Waals surface area contributed by atoms with Gasteiger partial charge in [-0.15, -0.1) is 23.7 Å². The smallest absolute Gasteiger partial charge is 0.261 e. The summed E-state index contributed by atoms with van der Waals surface area (Å²) in [7, 11) is 0. The van der Waals surface area contributed by atoms with Gasteiger partial charge < -0.3 is 15.4 Å². The molecule has 18 heavy (non-hydrogen) atoms. The first-order valence-corrected chi connectivity index (χ1v) is 6.85. The van der Waals surface area contributed by atoms with E-state index in [2.05, 4.69) is 10.6 Å². The number of ether oxygens (including phenoxy) is 1. The molecule has 1 aromatic rings. The van der Waals surface area contributed by atoms with Crippen LogP contribution in [0.25, 0.3) is 0 Å². The maximum atomic E-state index is 12.0. The van der Waals surface area contributed by atoms with E-state index >= 15 is 0 Å². The number of carbonyl (C=O) groups excluding carboxylic acids is 1. The maximum Gasteiger partial charge on any atom is 0.261 e. The van der Waals surface area contributed by atoms with Crippen molar-refractivity contribution in [3.63, 3.8) is 0 Å². The van der Waals surface area contributed by atoms with E-state index in [0.29, 0.717) is 6.61 Å². The molecule has 0 bridgehead atoms. The molecular formula is C12H17ClN2O2S. The molecule has 1 saturated heterocycles. The van der Waals surface area contributed by atoms with E-state index in [1.54, 1.807) is 11.3 Å². The lowest BCUT2D eigenvalue weighted by molar-refractivity contribution is 0.0943. The highest BCUT2D eigenvalue weighted by Gasteiger charge is 2.21. The molecule has 1 aromatic heterocycles. The Bertz CT molecular complexity index is 406. The molecule has 1 atom stereocenters. The maximum absolute atomic E-state index is 12.0. The topological polar surface area (TPSA) is 50.4 Å². The number of fused-ring (bicyclic) bond motifs is 1. The second-order valence-electron chi connectivity index (χ2n) is 4.52. The average Bonchev–Trinajstić information content (AvgIpc) is 2.96. The SMILES string of the molecule is Cl.O=C(NC1CCNC1)c1cc2c(s1)CCOC2. The number of nitrogens with one attached hydrogen (secondary N) is 2. The van der Waals surface area contributed by atoms with Crippen molar-refractivity contribution in [1.29, 1.82) is 0 Å². The minimum absolute atomic E-state index is 0. The standard InChI is InChI=1S/C12H16N2O2S.ClH/c15-12(14-9-1-3-13-6-9)11-5-8-7-16-4-2-10(8)17-11;/h5,9,13H,1-4,6-7H2,(H,14,15);1H. The average molecular weight is 289 g/mol. The fourth-order valence-electron chi connectivity index (χ4n) is 2.29. The number of hydrogen-bond donors (Lipinski definition) is 2. The Morgan fingerprint density at radius 3 is 3.17 bits per heavy atom. The van der Waals surface area contributed by atoms with Crippen LogP contribution in [-0.4, -0.2) is 31.6 Å². The first-order chi connectivity index (χ1) is 8.33. The number of hydrogen-bond acceptors (Lipinski definition) is 4. The molecule has 3 rings (SSSR count). The van der Waals surface area contributed by atoms with E-state index in [4.69, 9.17) is 4.74 Å². The minimum atomic E-state index is 0. The first-order valence-electron chi connectivity index (χ1n) is 6.04. The summed E-state index contributed by atoms with van der Waals surface area (Å²) in [4.78, 5) is 14.2. The van der Waals surface area contributed by atoms with Crippen LogP contribution in [-0.2, 0) is 17.8 Å². The van der Waals surface area contributed by atoms with Crippen molar-refractivity contribution in [3.8, 4) is 0 Å². The lowest BCUT2D eigenvalue weighted by atomic mass is 10.2. The van der Waals surface area contributed by atoms with Crippen molar-refractivity contribution >= 4 is 29.7 Å². The normalized spacial score (nSPS) is 22.1. The summed E-state index contributed by atoms with van der Waals surface area (Å²) < 4.78 is 5.39. The highest BCUT2D eigenvalue weighted by molar-refractivity contribution is 7.14. The van der Waals surface area contributed by atoms with Gasteiger partial charge in [0.1, 0.15) is 0 Å². The largest absolute Gasteiger partial charge is 0.376 e. The summed E-state index contributed by atoms with van der Waals surface area (Å²) in [6, 6.07) is 2.27. The Morgan fingerprint density at radius 2 is 2.44 bits per heavy atom. The van der Waals surface area contributed by atoms with Gasteiger partial charge in [-0.05, 0) is 24.6 Å². The zero-order valence-electron chi connectivity index (χ0n) is 10.0. The van der Waals surface area contributed by atoms with Gasteiger partial charge in [0.25, 0.3) is 5.91 Å². The molecule has 0 radical (unpaired) electrons. The molecule has 2 aliphatic heterocycles. The number of rotatable bonds is 2. The molecule has 0 spiro atoms. The highest BCUT2D eigenvalue weighted by Crippen LogP contribution is 2.26. The molecule has 0 aromatic carbocycles. The van der Waals surface area contributed by atoms with Crippen LogP contribution in [0.4, 0.5) is 0 Å². The molecule has 2 N–H and O–H groups in total. The van der Waals surface area contributed by atoms with Crippen LogP contribution in [0.2, 0.25) is 0 Å². The molecule has 2 aliphatic rings.